The van der Waals surface area contributed by atoms with Gasteiger partial charge in [-0.2, -0.15) is 0 Å². The minimum atomic E-state index is 0.603. The Hall–Kier alpha value is -0.520. The van der Waals surface area contributed by atoms with Gasteiger partial charge in [-0.1, -0.05) is 63.7 Å². The van der Waals surface area contributed by atoms with Crippen molar-refractivity contribution in [2.75, 3.05) is 0 Å². The van der Waals surface area contributed by atoms with Gasteiger partial charge in [-0.25, -0.2) is 0 Å². The molecule has 0 aromatic carbocycles. The smallest absolute Gasteiger partial charge is 0.00563 e. The van der Waals surface area contributed by atoms with Crippen molar-refractivity contribution in [3.8, 4) is 0 Å². The van der Waals surface area contributed by atoms with Crippen LogP contribution in [-0.2, 0) is 0 Å². The Morgan fingerprint density at radius 2 is 1.71 bits per heavy atom. The highest BCUT2D eigenvalue weighted by Gasteiger charge is 1.98. The number of unbranched alkanes of at least 4 members (excludes halogenated alkanes) is 5. The van der Waals surface area contributed by atoms with Crippen molar-refractivity contribution in [1.82, 2.24) is 0 Å². The Kier molecular flexibility index (Phi) is 10.2. The minimum absolute atomic E-state index is 0.603. The minimum Gasteiger partial charge on any atom is -0.102 e. The van der Waals surface area contributed by atoms with E-state index in [0.29, 0.717) is 5.92 Å². The number of hydrogen-bond acceptors (Lipinski definition) is 0. The monoisotopic (exact) mass is 194 g/mol. The van der Waals surface area contributed by atoms with E-state index in [4.69, 9.17) is 0 Å². The van der Waals surface area contributed by atoms with Gasteiger partial charge >= 0.3 is 0 Å². The highest BCUT2D eigenvalue weighted by Crippen LogP contribution is 2.14. The Morgan fingerprint density at radius 3 is 2.29 bits per heavy atom. The van der Waals surface area contributed by atoms with Crippen LogP contribution in [0.25, 0.3) is 0 Å². The molecule has 0 nitrogen and oxygen atoms in total. The van der Waals surface area contributed by atoms with E-state index >= 15 is 0 Å². The normalized spacial score (nSPS) is 13.3. The standard InChI is InChI=1S/C14H26/c1-4-7-8-9-10-11-13-14(6-3)12-5-2/h5-6,12,14H,3-4,7-11,13H2,1-2H3/b12-5-. The molecule has 1 atom stereocenters. The SMILES string of the molecule is C=CC(/C=C\C)CCCCCCCC. The van der Waals surface area contributed by atoms with E-state index < -0.39 is 0 Å². The molecule has 14 heavy (non-hydrogen) atoms. The lowest BCUT2D eigenvalue weighted by molar-refractivity contribution is 0.563. The molecule has 0 saturated carbocycles. The van der Waals surface area contributed by atoms with Gasteiger partial charge in [-0.05, 0) is 19.3 Å². The van der Waals surface area contributed by atoms with E-state index in [0.717, 1.165) is 0 Å². The molecule has 0 bridgehead atoms. The van der Waals surface area contributed by atoms with Gasteiger partial charge < -0.3 is 0 Å². The zero-order valence-corrected chi connectivity index (χ0v) is 9.97. The molecule has 0 aromatic rings. The first kappa shape index (κ1) is 13.5. The molecule has 0 saturated heterocycles. The summed E-state index contributed by atoms with van der Waals surface area (Å²) < 4.78 is 0. The fourth-order valence-corrected chi connectivity index (χ4v) is 1.70. The average molecular weight is 194 g/mol. The highest BCUT2D eigenvalue weighted by molar-refractivity contribution is 4.95. The number of hydrogen-bond donors (Lipinski definition) is 0. The highest BCUT2D eigenvalue weighted by atomic mass is 14.0. The second-order valence-corrected chi connectivity index (χ2v) is 3.98. The summed E-state index contributed by atoms with van der Waals surface area (Å²) in [6, 6.07) is 0. The van der Waals surface area contributed by atoms with Crippen molar-refractivity contribution in [3.63, 3.8) is 0 Å². The third kappa shape index (κ3) is 8.10. The van der Waals surface area contributed by atoms with Gasteiger partial charge in [-0.15, -0.1) is 6.58 Å². The van der Waals surface area contributed by atoms with E-state index in [9.17, 15) is 0 Å². The maximum absolute atomic E-state index is 3.86. The number of rotatable bonds is 9. The van der Waals surface area contributed by atoms with Crippen molar-refractivity contribution >= 4 is 0 Å². The molecule has 0 fully saturated rings. The summed E-state index contributed by atoms with van der Waals surface area (Å²) in [7, 11) is 0. The molecule has 0 aliphatic heterocycles. The van der Waals surface area contributed by atoms with Crippen LogP contribution in [0, 0.1) is 5.92 Å². The van der Waals surface area contributed by atoms with Crippen LogP contribution in [0.2, 0.25) is 0 Å². The van der Waals surface area contributed by atoms with Crippen LogP contribution in [0.3, 0.4) is 0 Å². The molecule has 0 rings (SSSR count). The number of allylic oxidation sites excluding steroid dienone is 3. The summed E-state index contributed by atoms with van der Waals surface area (Å²) in [4.78, 5) is 0. The first-order valence-electron chi connectivity index (χ1n) is 6.10. The van der Waals surface area contributed by atoms with Gasteiger partial charge in [0.1, 0.15) is 0 Å². The summed E-state index contributed by atoms with van der Waals surface area (Å²) in [5.41, 5.74) is 0. The summed E-state index contributed by atoms with van der Waals surface area (Å²) in [6.07, 6.45) is 16.0. The Bertz CT molecular complexity index is 144. The molecule has 0 aliphatic rings. The van der Waals surface area contributed by atoms with Crippen LogP contribution in [0.1, 0.15) is 58.8 Å². The van der Waals surface area contributed by atoms with Crippen molar-refractivity contribution in [1.29, 1.82) is 0 Å². The van der Waals surface area contributed by atoms with Crippen LogP contribution in [0.4, 0.5) is 0 Å². The molecule has 0 spiro atoms. The Balaban J connectivity index is 3.28. The molecular formula is C14H26. The quantitative estimate of drug-likeness (QED) is 0.353. The summed E-state index contributed by atoms with van der Waals surface area (Å²) in [6.45, 7) is 8.20. The Morgan fingerprint density at radius 1 is 1.07 bits per heavy atom. The van der Waals surface area contributed by atoms with Gasteiger partial charge in [0, 0.05) is 0 Å². The molecule has 0 heterocycles. The molecule has 0 radical (unpaired) electrons. The lowest BCUT2D eigenvalue weighted by Gasteiger charge is -2.06. The predicted molar refractivity (Wildman–Crippen MR) is 66.5 cm³/mol. The van der Waals surface area contributed by atoms with Crippen molar-refractivity contribution in [2.24, 2.45) is 5.92 Å². The van der Waals surface area contributed by atoms with E-state index in [2.05, 4.69) is 38.7 Å². The van der Waals surface area contributed by atoms with Crippen LogP contribution in [-0.4, -0.2) is 0 Å². The third-order valence-electron chi connectivity index (χ3n) is 2.63. The molecule has 0 amide bonds. The largest absolute Gasteiger partial charge is 0.102 e. The van der Waals surface area contributed by atoms with Gasteiger partial charge in [0.15, 0.2) is 0 Å². The zero-order chi connectivity index (χ0) is 10.6. The zero-order valence-electron chi connectivity index (χ0n) is 9.97. The molecule has 0 aromatic heterocycles. The maximum Gasteiger partial charge on any atom is -0.00563 e. The maximum atomic E-state index is 3.86. The van der Waals surface area contributed by atoms with Crippen molar-refractivity contribution in [2.45, 2.75) is 58.8 Å². The van der Waals surface area contributed by atoms with Crippen LogP contribution >= 0.6 is 0 Å². The summed E-state index contributed by atoms with van der Waals surface area (Å²) >= 11 is 0. The third-order valence-corrected chi connectivity index (χ3v) is 2.63. The topological polar surface area (TPSA) is 0 Å². The van der Waals surface area contributed by atoms with Crippen LogP contribution in [0.5, 0.6) is 0 Å². The van der Waals surface area contributed by atoms with E-state index in [1.54, 1.807) is 0 Å². The van der Waals surface area contributed by atoms with E-state index in [1.807, 2.05) is 0 Å². The molecule has 0 aliphatic carbocycles. The fourth-order valence-electron chi connectivity index (χ4n) is 1.70. The van der Waals surface area contributed by atoms with E-state index in [-0.39, 0.29) is 0 Å². The predicted octanol–water partition coefficient (Wildman–Crippen LogP) is 5.12. The summed E-state index contributed by atoms with van der Waals surface area (Å²) in [5, 5.41) is 0. The van der Waals surface area contributed by atoms with E-state index in [1.165, 1.54) is 44.9 Å². The first-order valence-corrected chi connectivity index (χ1v) is 6.10. The van der Waals surface area contributed by atoms with Gasteiger partial charge in [0.05, 0.1) is 0 Å². The molecule has 1 unspecified atom stereocenters. The van der Waals surface area contributed by atoms with Crippen LogP contribution < -0.4 is 0 Å². The molecule has 0 heteroatoms. The van der Waals surface area contributed by atoms with Crippen molar-refractivity contribution < 1.29 is 0 Å². The van der Waals surface area contributed by atoms with Gasteiger partial charge in [-0.3, -0.25) is 0 Å². The molecule has 82 valence electrons. The first-order chi connectivity index (χ1) is 6.85. The Labute approximate surface area is 90.1 Å². The second kappa shape index (κ2) is 10.6. The van der Waals surface area contributed by atoms with Gasteiger partial charge in [0.25, 0.3) is 0 Å². The lowest BCUT2D eigenvalue weighted by Crippen LogP contribution is -1.91. The van der Waals surface area contributed by atoms with Crippen LogP contribution in [0.15, 0.2) is 24.8 Å². The molecule has 0 N–H and O–H groups in total. The summed E-state index contributed by atoms with van der Waals surface area (Å²) in [5.74, 6) is 0.603. The average Bonchev–Trinajstić information content (AvgIpc) is 2.21. The van der Waals surface area contributed by atoms with Crippen molar-refractivity contribution in [3.05, 3.63) is 24.8 Å². The lowest BCUT2D eigenvalue weighted by atomic mass is 10.00. The fraction of sp³-hybridized carbons (Fsp3) is 0.714. The molecular weight excluding hydrogens is 168 g/mol. The second-order valence-electron chi connectivity index (χ2n) is 3.98. The van der Waals surface area contributed by atoms with Gasteiger partial charge in [0.2, 0.25) is 0 Å².